The molecule has 5 heteroatoms. The molecule has 1 heterocycles. The minimum absolute atomic E-state index is 0.0959. The Morgan fingerprint density at radius 2 is 1.74 bits per heavy atom. The number of anilines is 2. The van der Waals surface area contributed by atoms with E-state index in [9.17, 15) is 9.59 Å². The Morgan fingerprint density at radius 3 is 2.44 bits per heavy atom. The number of urea groups is 1. The average molecular weight is 365 g/mol. The van der Waals surface area contributed by atoms with Crippen molar-refractivity contribution in [2.24, 2.45) is 0 Å². The van der Waals surface area contributed by atoms with E-state index in [1.807, 2.05) is 43.0 Å². The van der Waals surface area contributed by atoms with E-state index in [0.717, 1.165) is 41.9 Å². The number of hydrogen-bond donors (Lipinski definition) is 2. The minimum Gasteiger partial charge on any atom is -0.326 e. The highest BCUT2D eigenvalue weighted by Gasteiger charge is 2.31. The highest BCUT2D eigenvalue weighted by atomic mass is 16.2. The molecule has 1 aliphatic heterocycles. The first-order valence-electron chi connectivity index (χ1n) is 9.39. The highest BCUT2D eigenvalue weighted by molar-refractivity contribution is 5.95. The van der Waals surface area contributed by atoms with Crippen LogP contribution in [0.4, 0.5) is 16.2 Å². The number of hydrogen-bond acceptors (Lipinski definition) is 2. The Labute approximate surface area is 160 Å². The van der Waals surface area contributed by atoms with Gasteiger partial charge in [-0.2, -0.15) is 0 Å². The van der Waals surface area contributed by atoms with Crippen molar-refractivity contribution >= 4 is 23.3 Å². The van der Waals surface area contributed by atoms with Gasteiger partial charge in [-0.1, -0.05) is 30.3 Å². The fourth-order valence-electron chi connectivity index (χ4n) is 3.83. The summed E-state index contributed by atoms with van der Waals surface area (Å²) < 4.78 is 0. The fourth-order valence-corrected chi connectivity index (χ4v) is 3.83. The number of nitrogens with one attached hydrogen (secondary N) is 2. The molecule has 0 saturated carbocycles. The summed E-state index contributed by atoms with van der Waals surface area (Å²) in [5.41, 5.74) is 5.75. The molecule has 142 valence electrons. The maximum atomic E-state index is 13.0. The lowest BCUT2D eigenvalue weighted by molar-refractivity contribution is -0.114. The lowest BCUT2D eigenvalue weighted by Gasteiger charge is -2.27. The summed E-state index contributed by atoms with van der Waals surface area (Å²) in [4.78, 5) is 26.4. The minimum atomic E-state index is -0.121. The van der Waals surface area contributed by atoms with Crippen LogP contribution in [0, 0.1) is 20.8 Å². The Bertz CT molecular complexity index is 876. The number of nitrogens with zero attached hydrogens (tertiary/aromatic N) is 1. The molecule has 1 aliphatic rings. The van der Waals surface area contributed by atoms with Crippen molar-refractivity contribution in [3.63, 3.8) is 0 Å². The Morgan fingerprint density at radius 1 is 1.00 bits per heavy atom. The third-order valence-electron chi connectivity index (χ3n) is 5.28. The van der Waals surface area contributed by atoms with Crippen molar-refractivity contribution < 1.29 is 9.59 Å². The van der Waals surface area contributed by atoms with Gasteiger partial charge in [0.1, 0.15) is 0 Å². The molecule has 2 aromatic carbocycles. The molecule has 1 saturated heterocycles. The second kappa shape index (κ2) is 7.82. The molecule has 0 unspecified atom stereocenters. The van der Waals surface area contributed by atoms with Crippen molar-refractivity contribution in [1.82, 2.24) is 4.90 Å². The van der Waals surface area contributed by atoms with Crippen molar-refractivity contribution in [1.29, 1.82) is 0 Å². The summed E-state index contributed by atoms with van der Waals surface area (Å²) >= 11 is 0. The Balaban J connectivity index is 1.83. The summed E-state index contributed by atoms with van der Waals surface area (Å²) in [5, 5.41) is 5.91. The Hall–Kier alpha value is -2.82. The SMILES string of the molecule is CC(=O)Nc1c(C)ccc(NC(=O)N2CCC[C@@H]2c2ccccc2C)c1C. The van der Waals surface area contributed by atoms with Gasteiger partial charge in [0.15, 0.2) is 0 Å². The predicted molar refractivity (Wildman–Crippen MR) is 109 cm³/mol. The van der Waals surface area contributed by atoms with E-state index in [4.69, 9.17) is 0 Å². The fraction of sp³-hybridized carbons (Fsp3) is 0.364. The van der Waals surface area contributed by atoms with Crippen LogP contribution in [0.25, 0.3) is 0 Å². The van der Waals surface area contributed by atoms with Gasteiger partial charge in [0.05, 0.1) is 6.04 Å². The molecular weight excluding hydrogens is 338 g/mol. The summed E-state index contributed by atoms with van der Waals surface area (Å²) in [6, 6.07) is 12.1. The van der Waals surface area contributed by atoms with Gasteiger partial charge in [-0.25, -0.2) is 4.79 Å². The number of carbonyl (C=O) groups is 2. The van der Waals surface area contributed by atoms with Crippen LogP contribution in [0.5, 0.6) is 0 Å². The van der Waals surface area contributed by atoms with E-state index in [2.05, 4.69) is 29.7 Å². The number of likely N-dealkylation sites (tertiary alicyclic amines) is 1. The van der Waals surface area contributed by atoms with Crippen LogP contribution in [0.15, 0.2) is 36.4 Å². The van der Waals surface area contributed by atoms with Gasteiger partial charge in [-0.15, -0.1) is 0 Å². The van der Waals surface area contributed by atoms with Gasteiger partial charge >= 0.3 is 6.03 Å². The first-order valence-corrected chi connectivity index (χ1v) is 9.39. The van der Waals surface area contributed by atoms with Crippen LogP contribution in [0.2, 0.25) is 0 Å². The number of rotatable bonds is 3. The van der Waals surface area contributed by atoms with Crippen LogP contribution >= 0.6 is 0 Å². The van der Waals surface area contributed by atoms with Crippen molar-refractivity contribution in [3.8, 4) is 0 Å². The topological polar surface area (TPSA) is 61.4 Å². The number of carbonyl (C=O) groups excluding carboxylic acids is 2. The molecule has 0 aliphatic carbocycles. The maximum Gasteiger partial charge on any atom is 0.322 e. The van der Waals surface area contributed by atoms with Gasteiger partial charge in [0.2, 0.25) is 5.91 Å². The van der Waals surface area contributed by atoms with Crippen LogP contribution < -0.4 is 10.6 Å². The number of amides is 3. The quantitative estimate of drug-likeness (QED) is 0.809. The molecule has 2 aromatic rings. The van der Waals surface area contributed by atoms with Gasteiger partial charge in [0.25, 0.3) is 0 Å². The molecule has 0 spiro atoms. The van der Waals surface area contributed by atoms with Crippen LogP contribution in [0.3, 0.4) is 0 Å². The highest BCUT2D eigenvalue weighted by Crippen LogP contribution is 2.35. The van der Waals surface area contributed by atoms with Gasteiger partial charge in [0, 0.05) is 24.8 Å². The summed E-state index contributed by atoms with van der Waals surface area (Å²) in [6.45, 7) is 8.18. The van der Waals surface area contributed by atoms with Crippen LogP contribution in [-0.2, 0) is 4.79 Å². The standard InChI is InChI=1S/C22H27N3O2/c1-14-8-5-6-9-18(14)20-10-7-13-25(20)22(27)24-19-12-11-15(2)21(16(19)3)23-17(4)26/h5-6,8-9,11-12,20H,7,10,13H2,1-4H3,(H,23,26)(H,24,27)/t20-/m1/s1. The lowest BCUT2D eigenvalue weighted by atomic mass is 9.99. The van der Waals surface area contributed by atoms with Crippen molar-refractivity contribution in [2.75, 3.05) is 17.2 Å². The third kappa shape index (κ3) is 3.97. The molecule has 0 aromatic heterocycles. The van der Waals surface area contributed by atoms with E-state index in [1.165, 1.54) is 18.1 Å². The zero-order valence-electron chi connectivity index (χ0n) is 16.4. The van der Waals surface area contributed by atoms with E-state index in [-0.39, 0.29) is 18.0 Å². The molecule has 3 rings (SSSR count). The maximum absolute atomic E-state index is 13.0. The predicted octanol–water partition coefficient (Wildman–Crippen LogP) is 4.94. The van der Waals surface area contributed by atoms with Gasteiger partial charge in [-0.3, -0.25) is 4.79 Å². The average Bonchev–Trinajstić information content (AvgIpc) is 3.11. The molecule has 27 heavy (non-hydrogen) atoms. The smallest absolute Gasteiger partial charge is 0.322 e. The monoisotopic (exact) mass is 365 g/mol. The number of aryl methyl sites for hydroxylation is 2. The van der Waals surface area contributed by atoms with Crippen LogP contribution in [0.1, 0.15) is 48.1 Å². The summed E-state index contributed by atoms with van der Waals surface area (Å²) in [5.74, 6) is -0.121. The largest absolute Gasteiger partial charge is 0.326 e. The first-order chi connectivity index (χ1) is 12.9. The summed E-state index contributed by atoms with van der Waals surface area (Å²) in [7, 11) is 0. The lowest BCUT2D eigenvalue weighted by Crippen LogP contribution is -2.35. The molecule has 5 nitrogen and oxygen atoms in total. The van der Waals surface area contributed by atoms with E-state index >= 15 is 0 Å². The van der Waals surface area contributed by atoms with E-state index in [0.29, 0.717) is 0 Å². The first kappa shape index (κ1) is 19.0. The molecule has 1 fully saturated rings. The van der Waals surface area contributed by atoms with E-state index in [1.54, 1.807) is 0 Å². The second-order valence-electron chi connectivity index (χ2n) is 7.25. The molecule has 1 atom stereocenters. The molecule has 0 radical (unpaired) electrons. The zero-order valence-corrected chi connectivity index (χ0v) is 16.4. The van der Waals surface area contributed by atoms with Gasteiger partial charge in [-0.05, 0) is 61.9 Å². The molecular formula is C22H27N3O2. The van der Waals surface area contributed by atoms with Crippen molar-refractivity contribution in [2.45, 2.75) is 46.6 Å². The van der Waals surface area contributed by atoms with Gasteiger partial charge < -0.3 is 15.5 Å². The molecule has 0 bridgehead atoms. The number of benzene rings is 2. The van der Waals surface area contributed by atoms with E-state index < -0.39 is 0 Å². The second-order valence-corrected chi connectivity index (χ2v) is 7.25. The normalized spacial score (nSPS) is 16.3. The molecule has 2 N–H and O–H groups in total. The molecule has 3 amide bonds. The third-order valence-corrected chi connectivity index (χ3v) is 5.28. The van der Waals surface area contributed by atoms with Crippen molar-refractivity contribution in [3.05, 3.63) is 58.7 Å². The van der Waals surface area contributed by atoms with Crippen LogP contribution in [-0.4, -0.2) is 23.4 Å². The summed E-state index contributed by atoms with van der Waals surface area (Å²) in [6.07, 6.45) is 1.97. The Kier molecular flexibility index (Phi) is 5.49. The zero-order chi connectivity index (χ0) is 19.6.